The molecule has 0 spiro atoms. The van der Waals surface area contributed by atoms with E-state index in [-0.39, 0.29) is 0 Å². The lowest BCUT2D eigenvalue weighted by Gasteiger charge is -2.29. The molecule has 2 unspecified atom stereocenters. The lowest BCUT2D eigenvalue weighted by molar-refractivity contribution is 0.167. The molecule has 1 rings (SSSR count). The third kappa shape index (κ3) is 2.70. The van der Waals surface area contributed by atoms with Crippen LogP contribution in [0.2, 0.25) is 0 Å². The summed E-state index contributed by atoms with van der Waals surface area (Å²) in [6, 6.07) is 2.38. The first kappa shape index (κ1) is 11.5. The van der Waals surface area contributed by atoms with Gasteiger partial charge in [0.25, 0.3) is 0 Å². The van der Waals surface area contributed by atoms with Gasteiger partial charge in [-0.2, -0.15) is 5.26 Å². The van der Waals surface area contributed by atoms with E-state index in [1.807, 2.05) is 6.92 Å². The fourth-order valence-electron chi connectivity index (χ4n) is 1.68. The number of nitriles is 1. The predicted molar refractivity (Wildman–Crippen MR) is 55.8 cm³/mol. The Morgan fingerprint density at radius 2 is 2.36 bits per heavy atom. The highest BCUT2D eigenvalue weighted by molar-refractivity contribution is 5.08. The van der Waals surface area contributed by atoms with Crippen molar-refractivity contribution in [3.63, 3.8) is 0 Å². The van der Waals surface area contributed by atoms with Gasteiger partial charge in [0, 0.05) is 12.5 Å². The summed E-state index contributed by atoms with van der Waals surface area (Å²) in [5.74, 6) is 0.913. The van der Waals surface area contributed by atoms with Crippen molar-refractivity contribution in [3.05, 3.63) is 0 Å². The quantitative estimate of drug-likeness (QED) is 0.742. The average Bonchev–Trinajstić information content (AvgIpc) is 2.67. The molecule has 0 radical (unpaired) electrons. The van der Waals surface area contributed by atoms with Crippen molar-refractivity contribution in [2.75, 3.05) is 19.8 Å². The molecular weight excluding hydrogens is 176 g/mol. The summed E-state index contributed by atoms with van der Waals surface area (Å²) in [6.07, 6.45) is 0.995. The zero-order valence-electron chi connectivity index (χ0n) is 9.34. The number of nitrogens with zero attached hydrogens (tertiary/aromatic N) is 1. The largest absolute Gasteiger partial charge is 0.381 e. The molecule has 1 fully saturated rings. The van der Waals surface area contributed by atoms with Crippen LogP contribution in [-0.2, 0) is 4.74 Å². The molecule has 2 atom stereocenters. The Kier molecular flexibility index (Phi) is 3.91. The van der Waals surface area contributed by atoms with Gasteiger partial charge in [-0.25, -0.2) is 0 Å². The molecule has 80 valence electrons. The second kappa shape index (κ2) is 4.77. The molecule has 0 aliphatic carbocycles. The zero-order valence-corrected chi connectivity index (χ0v) is 9.34. The van der Waals surface area contributed by atoms with Gasteiger partial charge >= 0.3 is 0 Å². The Labute approximate surface area is 86.4 Å². The normalized spacial score (nSPS) is 26.1. The molecule has 0 bridgehead atoms. The van der Waals surface area contributed by atoms with E-state index in [2.05, 4.69) is 25.2 Å². The second-order valence-corrected chi connectivity index (χ2v) is 4.65. The molecule has 0 saturated carbocycles. The summed E-state index contributed by atoms with van der Waals surface area (Å²) in [5, 5.41) is 12.5. The highest BCUT2D eigenvalue weighted by Gasteiger charge is 2.36. The van der Waals surface area contributed by atoms with E-state index in [4.69, 9.17) is 4.74 Å². The van der Waals surface area contributed by atoms with Crippen LogP contribution in [0, 0.1) is 23.2 Å². The molecule has 1 aliphatic rings. The van der Waals surface area contributed by atoms with E-state index in [0.717, 1.165) is 26.2 Å². The Balaban J connectivity index is 2.52. The maximum atomic E-state index is 9.19. The second-order valence-electron chi connectivity index (χ2n) is 4.65. The minimum absolute atomic E-state index is 0.339. The maximum absolute atomic E-state index is 9.19. The highest BCUT2D eigenvalue weighted by atomic mass is 16.5. The Hall–Kier alpha value is -0.590. The Bertz CT molecular complexity index is 216. The van der Waals surface area contributed by atoms with Gasteiger partial charge in [-0.15, -0.1) is 0 Å². The van der Waals surface area contributed by atoms with E-state index >= 15 is 0 Å². The van der Waals surface area contributed by atoms with Crippen LogP contribution in [0.25, 0.3) is 0 Å². The molecule has 0 aromatic rings. The van der Waals surface area contributed by atoms with Gasteiger partial charge in [0.05, 0.1) is 12.7 Å². The van der Waals surface area contributed by atoms with Crippen LogP contribution in [0.15, 0.2) is 0 Å². The van der Waals surface area contributed by atoms with Crippen LogP contribution in [0.1, 0.15) is 27.2 Å². The Morgan fingerprint density at radius 3 is 2.79 bits per heavy atom. The van der Waals surface area contributed by atoms with E-state index < -0.39 is 5.54 Å². The Morgan fingerprint density at radius 1 is 1.64 bits per heavy atom. The summed E-state index contributed by atoms with van der Waals surface area (Å²) in [4.78, 5) is 0. The summed E-state index contributed by atoms with van der Waals surface area (Å²) >= 11 is 0. The van der Waals surface area contributed by atoms with Gasteiger partial charge in [0.2, 0.25) is 0 Å². The molecule has 1 heterocycles. The maximum Gasteiger partial charge on any atom is 0.109 e. The number of ether oxygens (including phenoxy) is 1. The van der Waals surface area contributed by atoms with Crippen LogP contribution < -0.4 is 5.32 Å². The third-order valence-corrected chi connectivity index (χ3v) is 2.86. The number of nitrogens with one attached hydrogen (secondary N) is 1. The van der Waals surface area contributed by atoms with Gasteiger partial charge in [0.15, 0.2) is 0 Å². The van der Waals surface area contributed by atoms with Gasteiger partial charge in [-0.05, 0) is 25.8 Å². The summed E-state index contributed by atoms with van der Waals surface area (Å²) < 4.78 is 5.32. The van der Waals surface area contributed by atoms with Crippen LogP contribution in [0.5, 0.6) is 0 Å². The number of hydrogen-bond donors (Lipinski definition) is 1. The van der Waals surface area contributed by atoms with Crippen molar-refractivity contribution in [3.8, 4) is 6.07 Å². The fraction of sp³-hybridized carbons (Fsp3) is 0.909. The fourth-order valence-corrected chi connectivity index (χ4v) is 1.68. The number of rotatable bonds is 4. The van der Waals surface area contributed by atoms with Crippen molar-refractivity contribution < 1.29 is 4.74 Å². The molecule has 3 heteroatoms. The predicted octanol–water partition coefficient (Wildman–Crippen LogP) is 1.55. The molecule has 0 aromatic heterocycles. The third-order valence-electron chi connectivity index (χ3n) is 2.86. The molecule has 0 aromatic carbocycles. The zero-order chi connectivity index (χ0) is 10.6. The molecule has 1 aliphatic heterocycles. The topological polar surface area (TPSA) is 45.0 Å². The van der Waals surface area contributed by atoms with Gasteiger partial charge in [-0.1, -0.05) is 13.8 Å². The first-order valence-electron chi connectivity index (χ1n) is 5.32. The standard InChI is InChI=1S/C11H20N2O/c1-9(2)6-13-11(3,8-12)10-4-5-14-7-10/h9-10,13H,4-7H2,1-3H3. The van der Waals surface area contributed by atoms with Gasteiger partial charge in [0.1, 0.15) is 5.54 Å². The van der Waals surface area contributed by atoms with Crippen LogP contribution in [0.4, 0.5) is 0 Å². The molecule has 1 N–H and O–H groups in total. The average molecular weight is 196 g/mol. The van der Waals surface area contributed by atoms with Crippen molar-refractivity contribution in [1.29, 1.82) is 5.26 Å². The molecule has 0 amide bonds. The SMILES string of the molecule is CC(C)CNC(C)(C#N)C1CCOC1. The lowest BCUT2D eigenvalue weighted by atomic mass is 9.86. The minimum Gasteiger partial charge on any atom is -0.381 e. The van der Waals surface area contributed by atoms with Crippen LogP contribution in [-0.4, -0.2) is 25.3 Å². The summed E-state index contributed by atoms with van der Waals surface area (Å²) in [7, 11) is 0. The monoisotopic (exact) mass is 196 g/mol. The van der Waals surface area contributed by atoms with Crippen molar-refractivity contribution >= 4 is 0 Å². The van der Waals surface area contributed by atoms with Crippen LogP contribution in [0.3, 0.4) is 0 Å². The van der Waals surface area contributed by atoms with Crippen molar-refractivity contribution in [1.82, 2.24) is 5.32 Å². The highest BCUT2D eigenvalue weighted by Crippen LogP contribution is 2.25. The van der Waals surface area contributed by atoms with Crippen molar-refractivity contribution in [2.24, 2.45) is 11.8 Å². The summed E-state index contributed by atoms with van der Waals surface area (Å²) in [5.41, 5.74) is -0.416. The van der Waals surface area contributed by atoms with E-state index in [9.17, 15) is 5.26 Å². The molecule has 3 nitrogen and oxygen atoms in total. The minimum atomic E-state index is -0.416. The first-order valence-corrected chi connectivity index (χ1v) is 5.32. The smallest absolute Gasteiger partial charge is 0.109 e. The van der Waals surface area contributed by atoms with Crippen LogP contribution >= 0.6 is 0 Å². The van der Waals surface area contributed by atoms with Gasteiger partial charge in [-0.3, -0.25) is 5.32 Å². The van der Waals surface area contributed by atoms with E-state index in [1.54, 1.807) is 0 Å². The molecule has 14 heavy (non-hydrogen) atoms. The molecular formula is C11H20N2O. The van der Waals surface area contributed by atoms with Gasteiger partial charge < -0.3 is 4.74 Å². The summed E-state index contributed by atoms with van der Waals surface area (Å²) in [6.45, 7) is 8.68. The van der Waals surface area contributed by atoms with Crippen molar-refractivity contribution in [2.45, 2.75) is 32.7 Å². The first-order chi connectivity index (χ1) is 6.58. The lowest BCUT2D eigenvalue weighted by Crippen LogP contribution is -2.49. The van der Waals surface area contributed by atoms with E-state index in [0.29, 0.717) is 11.8 Å². The van der Waals surface area contributed by atoms with E-state index in [1.165, 1.54) is 0 Å². The molecule has 1 saturated heterocycles. The number of hydrogen-bond acceptors (Lipinski definition) is 3.